The lowest BCUT2D eigenvalue weighted by Gasteiger charge is -2.21. The van der Waals surface area contributed by atoms with Gasteiger partial charge >= 0.3 is 6.18 Å². The van der Waals surface area contributed by atoms with E-state index >= 15 is 0 Å². The molecule has 8 heteroatoms. The van der Waals surface area contributed by atoms with Gasteiger partial charge in [-0.15, -0.1) is 0 Å². The van der Waals surface area contributed by atoms with Crippen LogP contribution in [0.2, 0.25) is 0 Å². The fraction of sp³-hybridized carbons (Fsp3) is 0.500. The number of carbonyl (C=O) groups is 1. The Morgan fingerprint density at radius 3 is 2.60 bits per heavy atom. The van der Waals surface area contributed by atoms with Gasteiger partial charge in [0.2, 0.25) is 5.91 Å². The molecule has 1 heterocycles. The maximum Gasteiger partial charge on any atom is 0.433 e. The van der Waals surface area contributed by atoms with Gasteiger partial charge in [-0.3, -0.25) is 4.79 Å². The smallest absolute Gasteiger partial charge is 0.359 e. The number of hydrogen-bond acceptors (Lipinski definition) is 4. The first-order valence-corrected chi connectivity index (χ1v) is 5.98. The topological polar surface area (TPSA) is 71.2 Å². The minimum atomic E-state index is -4.51. The van der Waals surface area contributed by atoms with Crippen LogP contribution >= 0.6 is 0 Å². The quantitative estimate of drug-likeness (QED) is 0.853. The third-order valence-corrected chi connectivity index (χ3v) is 2.78. The molecule has 0 unspecified atom stereocenters. The molecular weight excluding hydrogens is 273 g/mol. The van der Waals surface area contributed by atoms with Crippen LogP contribution in [0.3, 0.4) is 0 Å². The predicted octanol–water partition coefficient (Wildman–Crippen LogP) is 1.13. The molecule has 1 aromatic rings. The molecule has 0 fully saturated rings. The Bertz CT molecular complexity index is 476. The Labute approximate surface area is 115 Å². The first-order valence-electron chi connectivity index (χ1n) is 5.98. The number of anilines is 1. The standard InChI is InChI=1S/C12H17F3N4O/c1-17-10(20)5-6-19(2)11-8(7-16)3-4-9(18-11)12(13,14)15/h3-4H,5-7,16H2,1-2H3,(H,17,20). The highest BCUT2D eigenvalue weighted by Crippen LogP contribution is 2.30. The van der Waals surface area contributed by atoms with Crippen LogP contribution in [0, 0.1) is 0 Å². The molecule has 0 radical (unpaired) electrons. The van der Waals surface area contributed by atoms with Gasteiger partial charge in [0.05, 0.1) is 0 Å². The van der Waals surface area contributed by atoms with Gasteiger partial charge in [0.1, 0.15) is 11.5 Å². The number of amides is 1. The van der Waals surface area contributed by atoms with E-state index in [4.69, 9.17) is 5.73 Å². The number of aromatic nitrogens is 1. The number of pyridine rings is 1. The Balaban J connectivity index is 2.98. The summed E-state index contributed by atoms with van der Waals surface area (Å²) in [6.45, 7) is 0.325. The number of nitrogens with zero attached hydrogens (tertiary/aromatic N) is 2. The van der Waals surface area contributed by atoms with Crippen LogP contribution in [0.25, 0.3) is 0 Å². The third kappa shape index (κ3) is 4.09. The lowest BCUT2D eigenvalue weighted by atomic mass is 10.2. The SMILES string of the molecule is CNC(=O)CCN(C)c1nc(C(F)(F)F)ccc1CN. The molecule has 20 heavy (non-hydrogen) atoms. The summed E-state index contributed by atoms with van der Waals surface area (Å²) in [7, 11) is 3.07. The number of rotatable bonds is 5. The zero-order chi connectivity index (χ0) is 15.3. The molecule has 0 spiro atoms. The summed E-state index contributed by atoms with van der Waals surface area (Å²) in [5.74, 6) is -0.0515. The van der Waals surface area contributed by atoms with E-state index in [9.17, 15) is 18.0 Å². The Hall–Kier alpha value is -1.83. The van der Waals surface area contributed by atoms with Crippen molar-refractivity contribution in [3.05, 3.63) is 23.4 Å². The number of alkyl halides is 3. The highest BCUT2D eigenvalue weighted by Gasteiger charge is 2.33. The molecule has 0 atom stereocenters. The van der Waals surface area contributed by atoms with Crippen molar-refractivity contribution in [2.45, 2.75) is 19.1 Å². The Morgan fingerprint density at radius 1 is 1.45 bits per heavy atom. The van der Waals surface area contributed by atoms with Crippen LogP contribution in [0.4, 0.5) is 19.0 Å². The minimum Gasteiger partial charge on any atom is -0.359 e. The molecule has 3 N–H and O–H groups in total. The lowest BCUT2D eigenvalue weighted by Crippen LogP contribution is -2.28. The molecule has 112 valence electrons. The van der Waals surface area contributed by atoms with Crippen LogP contribution in [0.5, 0.6) is 0 Å². The second-order valence-corrected chi connectivity index (χ2v) is 4.23. The Kier molecular flexibility index (Phi) is 5.32. The predicted molar refractivity (Wildman–Crippen MR) is 69.1 cm³/mol. The summed E-state index contributed by atoms with van der Waals surface area (Å²) in [4.78, 5) is 16.3. The van der Waals surface area contributed by atoms with Crippen molar-refractivity contribution < 1.29 is 18.0 Å². The fourth-order valence-electron chi connectivity index (χ4n) is 1.63. The number of hydrogen-bond donors (Lipinski definition) is 2. The van der Waals surface area contributed by atoms with Gasteiger partial charge < -0.3 is 16.0 Å². The van der Waals surface area contributed by atoms with Crippen LogP contribution in [0.15, 0.2) is 12.1 Å². The maximum atomic E-state index is 12.7. The number of nitrogens with two attached hydrogens (primary N) is 1. The molecule has 1 amide bonds. The maximum absolute atomic E-state index is 12.7. The van der Waals surface area contributed by atoms with Gasteiger partial charge in [-0.2, -0.15) is 13.2 Å². The molecule has 0 bridgehead atoms. The van der Waals surface area contributed by atoms with Crippen molar-refractivity contribution in [2.75, 3.05) is 25.5 Å². The van der Waals surface area contributed by atoms with E-state index in [1.165, 1.54) is 18.0 Å². The molecule has 1 rings (SSSR count). The molecular formula is C12H17F3N4O. The van der Waals surface area contributed by atoms with Gasteiger partial charge in [0.25, 0.3) is 0 Å². The van der Waals surface area contributed by atoms with Crippen LogP contribution < -0.4 is 16.0 Å². The van der Waals surface area contributed by atoms with Crippen LogP contribution in [-0.2, 0) is 17.5 Å². The van der Waals surface area contributed by atoms with E-state index in [0.717, 1.165) is 6.07 Å². The summed E-state index contributed by atoms with van der Waals surface area (Å²) in [5.41, 5.74) is 5.02. The van der Waals surface area contributed by atoms with Crippen molar-refractivity contribution in [1.29, 1.82) is 0 Å². The van der Waals surface area contributed by atoms with Gasteiger partial charge in [-0.1, -0.05) is 6.07 Å². The summed E-state index contributed by atoms with van der Waals surface area (Å²) >= 11 is 0. The number of halogens is 3. The van der Waals surface area contributed by atoms with Crippen molar-refractivity contribution in [3.63, 3.8) is 0 Å². The van der Waals surface area contributed by atoms with Crippen molar-refractivity contribution in [1.82, 2.24) is 10.3 Å². The molecule has 0 aliphatic carbocycles. The van der Waals surface area contributed by atoms with E-state index in [-0.39, 0.29) is 31.2 Å². The molecule has 0 aliphatic rings. The van der Waals surface area contributed by atoms with Gasteiger partial charge in [-0.05, 0) is 6.07 Å². The van der Waals surface area contributed by atoms with E-state index in [1.54, 1.807) is 7.05 Å². The van der Waals surface area contributed by atoms with Gasteiger partial charge in [-0.25, -0.2) is 4.98 Å². The summed E-state index contributed by atoms with van der Waals surface area (Å²) in [6, 6.07) is 2.21. The average Bonchev–Trinajstić information content (AvgIpc) is 2.42. The van der Waals surface area contributed by atoms with Gasteiger partial charge in [0, 0.05) is 39.2 Å². The number of nitrogens with one attached hydrogen (secondary N) is 1. The summed E-state index contributed by atoms with van der Waals surface area (Å²) in [5, 5.41) is 2.45. The third-order valence-electron chi connectivity index (χ3n) is 2.78. The van der Waals surface area contributed by atoms with Crippen molar-refractivity contribution >= 4 is 11.7 Å². The highest BCUT2D eigenvalue weighted by molar-refractivity contribution is 5.76. The van der Waals surface area contributed by atoms with E-state index in [2.05, 4.69) is 10.3 Å². The Morgan fingerprint density at radius 2 is 2.10 bits per heavy atom. The second kappa shape index (κ2) is 6.56. The summed E-state index contributed by atoms with van der Waals surface area (Å²) < 4.78 is 38.0. The molecule has 0 aromatic carbocycles. The lowest BCUT2D eigenvalue weighted by molar-refractivity contribution is -0.141. The second-order valence-electron chi connectivity index (χ2n) is 4.23. The molecule has 5 nitrogen and oxygen atoms in total. The zero-order valence-electron chi connectivity index (χ0n) is 11.3. The zero-order valence-corrected chi connectivity index (χ0v) is 11.3. The van der Waals surface area contributed by atoms with Crippen LogP contribution in [-0.4, -0.2) is 31.5 Å². The largest absolute Gasteiger partial charge is 0.433 e. The summed E-state index contributed by atoms with van der Waals surface area (Å²) in [6.07, 6.45) is -4.35. The van der Waals surface area contributed by atoms with E-state index in [0.29, 0.717) is 5.56 Å². The first kappa shape index (κ1) is 16.2. The van der Waals surface area contributed by atoms with E-state index < -0.39 is 11.9 Å². The first-order chi connectivity index (χ1) is 9.29. The molecule has 0 saturated carbocycles. The molecule has 0 aliphatic heterocycles. The highest BCUT2D eigenvalue weighted by atomic mass is 19.4. The van der Waals surface area contributed by atoms with Crippen molar-refractivity contribution in [2.24, 2.45) is 5.73 Å². The van der Waals surface area contributed by atoms with Crippen LogP contribution in [0.1, 0.15) is 17.7 Å². The molecule has 0 saturated heterocycles. The molecule has 1 aromatic heterocycles. The number of carbonyl (C=O) groups excluding carboxylic acids is 1. The van der Waals surface area contributed by atoms with Crippen molar-refractivity contribution in [3.8, 4) is 0 Å². The monoisotopic (exact) mass is 290 g/mol. The normalized spacial score (nSPS) is 11.3. The minimum absolute atomic E-state index is 0.0742. The van der Waals surface area contributed by atoms with E-state index in [1.807, 2.05) is 0 Å². The average molecular weight is 290 g/mol. The fourth-order valence-corrected chi connectivity index (χ4v) is 1.63. The van der Waals surface area contributed by atoms with Gasteiger partial charge in [0.15, 0.2) is 0 Å².